The van der Waals surface area contributed by atoms with Crippen LogP contribution in [0.1, 0.15) is 26.7 Å². The maximum Gasteiger partial charge on any atom is 0.145 e. The van der Waals surface area contributed by atoms with Crippen molar-refractivity contribution in [2.75, 3.05) is 5.32 Å². The lowest BCUT2D eigenvalue weighted by Gasteiger charge is -2.16. The number of aromatic nitrogens is 1. The minimum absolute atomic E-state index is 0.418. The summed E-state index contributed by atoms with van der Waals surface area (Å²) in [5.41, 5.74) is 0. The Labute approximate surface area is 94.6 Å². The van der Waals surface area contributed by atoms with E-state index in [4.69, 9.17) is 23.2 Å². The van der Waals surface area contributed by atoms with Crippen LogP contribution in [0.5, 0.6) is 0 Å². The molecular weight excluding hydrogens is 219 g/mol. The average molecular weight is 233 g/mol. The molecule has 1 aromatic rings. The van der Waals surface area contributed by atoms with Gasteiger partial charge in [-0.2, -0.15) is 0 Å². The predicted octanol–water partition coefficient (Wildman–Crippen LogP) is 3.99. The van der Waals surface area contributed by atoms with E-state index in [1.807, 2.05) is 0 Å². The van der Waals surface area contributed by atoms with Gasteiger partial charge in [-0.05, 0) is 18.9 Å². The normalized spacial score (nSPS) is 10.6. The van der Waals surface area contributed by atoms with Gasteiger partial charge in [0.25, 0.3) is 0 Å². The van der Waals surface area contributed by atoms with E-state index in [0.29, 0.717) is 21.9 Å². The largest absolute Gasteiger partial charge is 0.366 e. The van der Waals surface area contributed by atoms with Crippen LogP contribution in [0.3, 0.4) is 0 Å². The Hall–Kier alpha value is -0.470. The highest BCUT2D eigenvalue weighted by molar-refractivity contribution is 6.35. The summed E-state index contributed by atoms with van der Waals surface area (Å²) in [6.45, 7) is 4.26. The highest BCUT2D eigenvalue weighted by Crippen LogP contribution is 2.23. The van der Waals surface area contributed by atoms with Crippen molar-refractivity contribution in [3.8, 4) is 0 Å². The Balaban J connectivity index is 2.76. The second kappa shape index (κ2) is 5.42. The number of nitrogens with one attached hydrogen (secondary N) is 1. The van der Waals surface area contributed by atoms with Crippen LogP contribution in [-0.2, 0) is 0 Å². The monoisotopic (exact) mass is 232 g/mol. The van der Waals surface area contributed by atoms with Crippen LogP contribution < -0.4 is 5.32 Å². The second-order valence-electron chi connectivity index (χ2n) is 3.14. The molecule has 1 rings (SSSR count). The molecule has 0 aromatic carbocycles. The van der Waals surface area contributed by atoms with Gasteiger partial charge in [-0.15, -0.1) is 0 Å². The van der Waals surface area contributed by atoms with Gasteiger partial charge >= 0.3 is 0 Å². The van der Waals surface area contributed by atoms with E-state index >= 15 is 0 Å². The van der Waals surface area contributed by atoms with Gasteiger partial charge < -0.3 is 5.32 Å². The zero-order chi connectivity index (χ0) is 10.6. The third-order valence-corrected chi connectivity index (χ3v) is 2.63. The summed E-state index contributed by atoms with van der Waals surface area (Å²) < 4.78 is 0. The molecule has 0 saturated heterocycles. The molecule has 0 unspecified atom stereocenters. The second-order valence-corrected chi connectivity index (χ2v) is 3.99. The van der Waals surface area contributed by atoms with Crippen molar-refractivity contribution < 1.29 is 0 Å². The third kappa shape index (κ3) is 3.03. The molecule has 0 aliphatic rings. The molecule has 0 fully saturated rings. The summed E-state index contributed by atoms with van der Waals surface area (Å²) in [4.78, 5) is 4.14. The van der Waals surface area contributed by atoms with E-state index < -0.39 is 0 Å². The lowest BCUT2D eigenvalue weighted by Crippen LogP contribution is -2.17. The van der Waals surface area contributed by atoms with Gasteiger partial charge in [0.05, 0.1) is 10.0 Å². The van der Waals surface area contributed by atoms with Crippen LogP contribution in [0.25, 0.3) is 0 Å². The fourth-order valence-electron chi connectivity index (χ4n) is 1.21. The first-order valence-corrected chi connectivity index (χ1v) is 5.50. The predicted molar refractivity (Wildman–Crippen MR) is 62.2 cm³/mol. The van der Waals surface area contributed by atoms with Crippen LogP contribution in [0, 0.1) is 0 Å². The standard InChI is InChI=1S/C10H14Cl2N2/c1-3-8(4-2)14-10-9(12)5-7(11)6-13-10/h5-6,8H,3-4H2,1-2H3,(H,13,14). The Kier molecular flexibility index (Phi) is 4.49. The minimum atomic E-state index is 0.418. The first-order valence-electron chi connectivity index (χ1n) is 4.75. The summed E-state index contributed by atoms with van der Waals surface area (Å²) >= 11 is 11.7. The van der Waals surface area contributed by atoms with E-state index in [1.165, 1.54) is 0 Å². The molecule has 0 spiro atoms. The molecule has 0 saturated carbocycles. The smallest absolute Gasteiger partial charge is 0.145 e. The number of hydrogen-bond donors (Lipinski definition) is 1. The van der Waals surface area contributed by atoms with E-state index in [9.17, 15) is 0 Å². The van der Waals surface area contributed by atoms with Crippen LogP contribution >= 0.6 is 23.2 Å². The van der Waals surface area contributed by atoms with Gasteiger partial charge in [-0.25, -0.2) is 4.98 Å². The Morgan fingerprint density at radius 1 is 1.36 bits per heavy atom. The maximum absolute atomic E-state index is 5.98. The first kappa shape index (κ1) is 11.6. The number of anilines is 1. The maximum atomic E-state index is 5.98. The van der Waals surface area contributed by atoms with Gasteiger partial charge in [0.1, 0.15) is 5.82 Å². The third-order valence-electron chi connectivity index (χ3n) is 2.13. The summed E-state index contributed by atoms with van der Waals surface area (Å²) in [7, 11) is 0. The fourth-order valence-corrected chi connectivity index (χ4v) is 1.64. The highest BCUT2D eigenvalue weighted by Gasteiger charge is 2.07. The van der Waals surface area contributed by atoms with Crippen molar-refractivity contribution in [2.45, 2.75) is 32.7 Å². The first-order chi connectivity index (χ1) is 6.67. The van der Waals surface area contributed by atoms with Gasteiger partial charge in [0.15, 0.2) is 0 Å². The van der Waals surface area contributed by atoms with Gasteiger partial charge in [-0.1, -0.05) is 37.0 Å². The summed E-state index contributed by atoms with van der Waals surface area (Å²) in [5.74, 6) is 0.713. The molecule has 1 heterocycles. The minimum Gasteiger partial charge on any atom is -0.366 e. The van der Waals surface area contributed by atoms with Gasteiger partial charge in [-0.3, -0.25) is 0 Å². The van der Waals surface area contributed by atoms with Gasteiger partial charge in [0, 0.05) is 12.2 Å². The molecule has 0 atom stereocenters. The molecule has 0 bridgehead atoms. The van der Waals surface area contributed by atoms with E-state index in [2.05, 4.69) is 24.1 Å². The zero-order valence-electron chi connectivity index (χ0n) is 8.35. The molecule has 0 aliphatic heterocycles. The quantitative estimate of drug-likeness (QED) is 0.850. The number of hydrogen-bond acceptors (Lipinski definition) is 2. The highest BCUT2D eigenvalue weighted by atomic mass is 35.5. The number of rotatable bonds is 4. The van der Waals surface area contributed by atoms with Crippen molar-refractivity contribution in [2.24, 2.45) is 0 Å². The van der Waals surface area contributed by atoms with Crippen molar-refractivity contribution in [3.05, 3.63) is 22.3 Å². The van der Waals surface area contributed by atoms with Gasteiger partial charge in [0.2, 0.25) is 0 Å². The lowest BCUT2D eigenvalue weighted by atomic mass is 10.2. The van der Waals surface area contributed by atoms with Crippen molar-refractivity contribution in [3.63, 3.8) is 0 Å². The SMILES string of the molecule is CCC(CC)Nc1ncc(Cl)cc1Cl. The van der Waals surface area contributed by atoms with E-state index in [1.54, 1.807) is 12.3 Å². The molecule has 4 heteroatoms. The van der Waals surface area contributed by atoms with Crippen molar-refractivity contribution >= 4 is 29.0 Å². The van der Waals surface area contributed by atoms with Crippen LogP contribution in [0.15, 0.2) is 12.3 Å². The molecule has 2 nitrogen and oxygen atoms in total. The van der Waals surface area contributed by atoms with Crippen molar-refractivity contribution in [1.82, 2.24) is 4.98 Å². The van der Waals surface area contributed by atoms with E-state index in [0.717, 1.165) is 12.8 Å². The lowest BCUT2D eigenvalue weighted by molar-refractivity contribution is 0.668. The Morgan fingerprint density at radius 2 is 2.00 bits per heavy atom. The zero-order valence-corrected chi connectivity index (χ0v) is 9.86. The van der Waals surface area contributed by atoms with Crippen LogP contribution in [-0.4, -0.2) is 11.0 Å². The summed E-state index contributed by atoms with van der Waals surface area (Å²) in [6.07, 6.45) is 3.70. The molecule has 0 amide bonds. The number of nitrogens with zero attached hydrogens (tertiary/aromatic N) is 1. The van der Waals surface area contributed by atoms with Crippen molar-refractivity contribution in [1.29, 1.82) is 0 Å². The topological polar surface area (TPSA) is 24.9 Å². The Morgan fingerprint density at radius 3 is 2.50 bits per heavy atom. The molecule has 1 aromatic heterocycles. The molecule has 14 heavy (non-hydrogen) atoms. The molecule has 1 N–H and O–H groups in total. The van der Waals surface area contributed by atoms with E-state index in [-0.39, 0.29) is 0 Å². The molecule has 0 aliphatic carbocycles. The average Bonchev–Trinajstić information content (AvgIpc) is 2.17. The summed E-state index contributed by atoms with van der Waals surface area (Å²) in [6, 6.07) is 2.11. The molecule has 78 valence electrons. The summed E-state index contributed by atoms with van der Waals surface area (Å²) in [5, 5.41) is 4.41. The van der Waals surface area contributed by atoms with Crippen LogP contribution in [0.4, 0.5) is 5.82 Å². The molecular formula is C10H14Cl2N2. The number of halogens is 2. The fraction of sp³-hybridized carbons (Fsp3) is 0.500. The Bertz CT molecular complexity index is 298. The van der Waals surface area contributed by atoms with Crippen LogP contribution in [0.2, 0.25) is 10.0 Å². The molecule has 0 radical (unpaired) electrons. The number of pyridine rings is 1.